The van der Waals surface area contributed by atoms with Crippen molar-refractivity contribution in [3.8, 4) is 0 Å². The van der Waals surface area contributed by atoms with Crippen LogP contribution in [-0.4, -0.2) is 12.1 Å². The minimum Gasteiger partial charge on any atom is -0.465 e. The van der Waals surface area contributed by atoms with Crippen molar-refractivity contribution in [1.29, 1.82) is 0 Å². The van der Waals surface area contributed by atoms with E-state index in [0.29, 0.717) is 41.7 Å². The topological polar surface area (TPSA) is 41.7 Å². The van der Waals surface area contributed by atoms with Crippen LogP contribution in [0.2, 0.25) is 0 Å². The lowest BCUT2D eigenvalue weighted by molar-refractivity contribution is 0.180. The standard InChI is InChI=1S/C53H59N3O/c1-2-34(26-27-54)38-28-39(35-12-4-3-5-13-35)30-41(29-38)56-49-18-10-7-15-43(49)46-32-37(21-24-51(46)56)36-20-23-50-45(31-36)42-14-6-9-17-48(42)55(50)40-22-25-53-47(33-40)44-16-8-11-19-52(44)57-53/h4,6-7,9-10,12-15,17-18,22,24-30,34,36-37,43,45-47,49-50H,2-3,5,8,11,16,19-21,23,31-33,54H2,1H3/b27-26-. The second-order valence-electron chi connectivity index (χ2n) is 18.4. The Morgan fingerprint density at radius 1 is 0.912 bits per heavy atom. The van der Waals surface area contributed by atoms with Crippen LogP contribution in [0.1, 0.15) is 119 Å². The van der Waals surface area contributed by atoms with Gasteiger partial charge in [0.25, 0.3) is 0 Å². The number of para-hydroxylation sites is 1. The molecule has 11 rings (SSSR count). The molecule has 3 heterocycles. The van der Waals surface area contributed by atoms with Crippen molar-refractivity contribution >= 4 is 16.9 Å². The fraction of sp³-hybridized carbons (Fsp3) is 0.434. The van der Waals surface area contributed by atoms with Crippen LogP contribution in [0.3, 0.4) is 0 Å². The third-order valence-electron chi connectivity index (χ3n) is 15.6. The number of fused-ring (bicyclic) bond motifs is 8. The Morgan fingerprint density at radius 3 is 2.70 bits per heavy atom. The first kappa shape index (κ1) is 35.5. The number of anilines is 2. The molecule has 3 aliphatic heterocycles. The van der Waals surface area contributed by atoms with Crippen LogP contribution in [0.25, 0.3) is 5.57 Å². The van der Waals surface area contributed by atoms with Crippen LogP contribution in [0.4, 0.5) is 11.4 Å². The number of nitrogens with zero attached hydrogens (tertiary/aromatic N) is 2. The predicted octanol–water partition coefficient (Wildman–Crippen LogP) is 12.6. The minimum atomic E-state index is 0.302. The van der Waals surface area contributed by atoms with Crippen molar-refractivity contribution in [2.45, 2.75) is 114 Å². The summed E-state index contributed by atoms with van der Waals surface area (Å²) in [6, 6.07) is 17.8. The summed E-state index contributed by atoms with van der Waals surface area (Å²) >= 11 is 0. The van der Waals surface area contributed by atoms with Crippen molar-refractivity contribution in [1.82, 2.24) is 0 Å². The summed E-state index contributed by atoms with van der Waals surface area (Å²) in [5.41, 5.74) is 19.2. The van der Waals surface area contributed by atoms with Crippen LogP contribution in [0.15, 0.2) is 144 Å². The highest BCUT2D eigenvalue weighted by molar-refractivity contribution is 5.78. The van der Waals surface area contributed by atoms with Gasteiger partial charge in [-0.1, -0.05) is 85.9 Å². The Hall–Kier alpha value is -4.70. The molecule has 0 bridgehead atoms. The van der Waals surface area contributed by atoms with Crippen LogP contribution < -0.4 is 15.5 Å². The number of ether oxygens (including phenoxy) is 1. The fourth-order valence-corrected chi connectivity index (χ4v) is 12.9. The third kappa shape index (κ3) is 5.99. The van der Waals surface area contributed by atoms with Gasteiger partial charge in [0.2, 0.25) is 0 Å². The number of rotatable bonds is 7. The van der Waals surface area contributed by atoms with E-state index < -0.39 is 0 Å². The molecule has 2 N–H and O–H groups in total. The summed E-state index contributed by atoms with van der Waals surface area (Å²) in [6.45, 7) is 2.28. The van der Waals surface area contributed by atoms with Gasteiger partial charge in [-0.05, 0) is 147 Å². The molecule has 1 saturated heterocycles. The van der Waals surface area contributed by atoms with E-state index in [1.807, 2.05) is 0 Å². The first-order valence-corrected chi connectivity index (χ1v) is 22.6. The Morgan fingerprint density at radius 2 is 1.81 bits per heavy atom. The van der Waals surface area contributed by atoms with Gasteiger partial charge in [0.1, 0.15) is 11.5 Å². The number of allylic oxidation sites excluding steroid dienone is 14. The highest BCUT2D eigenvalue weighted by atomic mass is 16.5. The Labute approximate surface area is 340 Å². The zero-order valence-electron chi connectivity index (χ0n) is 33.7. The third-order valence-corrected chi connectivity index (χ3v) is 15.6. The second-order valence-corrected chi connectivity index (χ2v) is 18.4. The van der Waals surface area contributed by atoms with E-state index >= 15 is 0 Å². The Balaban J connectivity index is 0.873. The Kier molecular flexibility index (Phi) is 9.08. The quantitative estimate of drug-likeness (QED) is 0.306. The van der Waals surface area contributed by atoms with E-state index in [1.54, 1.807) is 23.0 Å². The van der Waals surface area contributed by atoms with Crippen LogP contribution in [-0.2, 0) is 4.74 Å². The van der Waals surface area contributed by atoms with E-state index in [0.717, 1.165) is 43.9 Å². The maximum absolute atomic E-state index is 6.44. The molecule has 2 aromatic carbocycles. The lowest BCUT2D eigenvalue weighted by atomic mass is 9.66. The number of benzene rings is 2. The molecule has 4 heteroatoms. The largest absolute Gasteiger partial charge is 0.465 e. The molecule has 9 unspecified atom stereocenters. The summed E-state index contributed by atoms with van der Waals surface area (Å²) in [7, 11) is 0. The first-order chi connectivity index (χ1) is 28.2. The maximum Gasteiger partial charge on any atom is 0.111 e. The van der Waals surface area contributed by atoms with E-state index in [4.69, 9.17) is 10.5 Å². The SMILES string of the molecule is CCC(/C=C\N)c1cc(C2=CCCC=C2)cc(N2C3=CCC(C4CCC5C(C4)c4ccccc4N5C4=CC=C5OC6=C(CCCC6)C5C4)CC3C3C=CC=CC32)c1. The van der Waals surface area contributed by atoms with Gasteiger partial charge in [0.15, 0.2) is 0 Å². The molecule has 2 fully saturated rings. The van der Waals surface area contributed by atoms with Crippen LogP contribution in [0.5, 0.6) is 0 Å². The molecule has 57 heavy (non-hydrogen) atoms. The van der Waals surface area contributed by atoms with E-state index in [-0.39, 0.29) is 0 Å². The number of hydrogen-bond acceptors (Lipinski definition) is 4. The number of nitrogens with two attached hydrogens (primary N) is 1. The zero-order valence-corrected chi connectivity index (χ0v) is 33.7. The summed E-state index contributed by atoms with van der Waals surface area (Å²) in [4.78, 5) is 5.54. The predicted molar refractivity (Wildman–Crippen MR) is 235 cm³/mol. The van der Waals surface area contributed by atoms with Gasteiger partial charge in [-0.2, -0.15) is 0 Å². The lowest BCUT2D eigenvalue weighted by Crippen LogP contribution is -2.40. The van der Waals surface area contributed by atoms with E-state index in [2.05, 4.69) is 126 Å². The fourth-order valence-electron chi connectivity index (χ4n) is 12.9. The normalized spacial score (nSPS) is 32.7. The van der Waals surface area contributed by atoms with Gasteiger partial charge in [0, 0.05) is 71.2 Å². The van der Waals surface area contributed by atoms with Crippen LogP contribution in [0, 0.1) is 29.6 Å². The molecule has 4 nitrogen and oxygen atoms in total. The molecular weight excluding hydrogens is 695 g/mol. The molecule has 0 radical (unpaired) electrons. The molecule has 9 atom stereocenters. The Bertz CT molecular complexity index is 2220. The monoisotopic (exact) mass is 753 g/mol. The molecule has 0 aromatic heterocycles. The number of hydrogen-bond donors (Lipinski definition) is 1. The van der Waals surface area contributed by atoms with Gasteiger partial charge in [-0.15, -0.1) is 0 Å². The summed E-state index contributed by atoms with van der Waals surface area (Å²) in [6.07, 6.45) is 43.8. The highest BCUT2D eigenvalue weighted by Gasteiger charge is 2.50. The van der Waals surface area contributed by atoms with Crippen molar-refractivity contribution in [3.63, 3.8) is 0 Å². The van der Waals surface area contributed by atoms with Crippen molar-refractivity contribution in [3.05, 3.63) is 161 Å². The van der Waals surface area contributed by atoms with Gasteiger partial charge in [-0.3, -0.25) is 0 Å². The van der Waals surface area contributed by atoms with Crippen molar-refractivity contribution in [2.75, 3.05) is 9.80 Å². The average molecular weight is 754 g/mol. The highest BCUT2D eigenvalue weighted by Crippen LogP contribution is 2.57. The average Bonchev–Trinajstić information content (AvgIpc) is 3.92. The molecular formula is C53H59N3O. The molecule has 0 amide bonds. The smallest absolute Gasteiger partial charge is 0.111 e. The minimum absolute atomic E-state index is 0.302. The second kappa shape index (κ2) is 14.6. The lowest BCUT2D eigenvalue weighted by Gasteiger charge is -2.43. The van der Waals surface area contributed by atoms with E-state index in [1.165, 1.54) is 96.7 Å². The molecule has 1 saturated carbocycles. The summed E-state index contributed by atoms with van der Waals surface area (Å²) in [5, 5.41) is 0. The van der Waals surface area contributed by atoms with Crippen molar-refractivity contribution < 1.29 is 4.74 Å². The van der Waals surface area contributed by atoms with Gasteiger partial charge in [-0.25, -0.2) is 0 Å². The summed E-state index contributed by atoms with van der Waals surface area (Å²) < 4.78 is 6.44. The van der Waals surface area contributed by atoms with Crippen molar-refractivity contribution in [2.24, 2.45) is 35.3 Å². The summed E-state index contributed by atoms with van der Waals surface area (Å²) in [5.74, 6) is 6.40. The van der Waals surface area contributed by atoms with Gasteiger partial charge >= 0.3 is 0 Å². The van der Waals surface area contributed by atoms with Gasteiger partial charge < -0.3 is 20.3 Å². The zero-order chi connectivity index (χ0) is 38.0. The first-order valence-electron chi connectivity index (χ1n) is 22.6. The molecule has 9 aliphatic rings. The van der Waals surface area contributed by atoms with Crippen LogP contribution >= 0.6 is 0 Å². The van der Waals surface area contributed by atoms with E-state index in [9.17, 15) is 0 Å². The molecule has 6 aliphatic carbocycles. The molecule has 2 aromatic rings. The molecule has 292 valence electrons. The van der Waals surface area contributed by atoms with Gasteiger partial charge in [0.05, 0.1) is 6.04 Å². The molecule has 0 spiro atoms. The maximum atomic E-state index is 6.44.